The van der Waals surface area contributed by atoms with Crippen LogP contribution in [0.1, 0.15) is 24.3 Å². The van der Waals surface area contributed by atoms with Crippen LogP contribution in [0.5, 0.6) is 5.75 Å². The second-order valence-electron chi connectivity index (χ2n) is 5.21. The van der Waals surface area contributed by atoms with Crippen LogP contribution in [0.25, 0.3) is 0 Å². The molecule has 0 amide bonds. The van der Waals surface area contributed by atoms with E-state index in [0.717, 1.165) is 22.4 Å². The van der Waals surface area contributed by atoms with Crippen molar-refractivity contribution in [1.29, 1.82) is 0 Å². The van der Waals surface area contributed by atoms with Crippen LogP contribution < -0.4 is 4.74 Å². The van der Waals surface area contributed by atoms with Crippen LogP contribution in [-0.4, -0.2) is 0 Å². The Hall–Kier alpha value is -0.990. The van der Waals surface area contributed by atoms with Crippen molar-refractivity contribution in [3.63, 3.8) is 0 Å². The summed E-state index contributed by atoms with van der Waals surface area (Å²) in [6, 6.07) is 4.03. The van der Waals surface area contributed by atoms with Gasteiger partial charge in [0, 0.05) is 27.9 Å². The summed E-state index contributed by atoms with van der Waals surface area (Å²) in [5.74, 6) is 2.96. The van der Waals surface area contributed by atoms with Crippen LogP contribution in [-0.2, 0) is 0 Å². The maximum atomic E-state index is 6.16. The zero-order chi connectivity index (χ0) is 13.0. The molecule has 2 atom stereocenters. The summed E-state index contributed by atoms with van der Waals surface area (Å²) in [6.07, 6.45) is 11.0. The SMILES string of the molecule is Clc1cc2c(cc1Br)C1CCC3C=CC=CC3=C1O2. The molecule has 1 aromatic carbocycles. The molecule has 19 heavy (non-hydrogen) atoms. The van der Waals surface area contributed by atoms with E-state index in [4.69, 9.17) is 16.3 Å². The lowest BCUT2D eigenvalue weighted by atomic mass is 9.77. The first-order valence-corrected chi connectivity index (χ1v) is 7.67. The zero-order valence-corrected chi connectivity index (χ0v) is 12.5. The molecule has 0 radical (unpaired) electrons. The molecular weight excluding hydrogens is 324 g/mol. The maximum absolute atomic E-state index is 6.16. The zero-order valence-electron chi connectivity index (χ0n) is 10.2. The molecule has 0 saturated carbocycles. The van der Waals surface area contributed by atoms with E-state index in [9.17, 15) is 0 Å². The van der Waals surface area contributed by atoms with E-state index in [1.807, 2.05) is 6.07 Å². The highest BCUT2D eigenvalue weighted by Crippen LogP contribution is 2.51. The minimum Gasteiger partial charge on any atom is -0.460 e. The minimum absolute atomic E-state index is 0.394. The van der Waals surface area contributed by atoms with Gasteiger partial charge in [0.15, 0.2) is 0 Å². The van der Waals surface area contributed by atoms with E-state index in [1.54, 1.807) is 0 Å². The van der Waals surface area contributed by atoms with Crippen molar-refractivity contribution in [3.8, 4) is 5.75 Å². The molecule has 1 nitrogen and oxygen atoms in total. The Kier molecular flexibility index (Phi) is 2.64. The van der Waals surface area contributed by atoms with Crippen LogP contribution >= 0.6 is 27.5 Å². The Morgan fingerprint density at radius 1 is 1.21 bits per heavy atom. The fraction of sp³-hybridized carbons (Fsp3) is 0.250. The molecular formula is C16H12BrClO. The van der Waals surface area contributed by atoms with Crippen LogP contribution in [0.3, 0.4) is 0 Å². The first kappa shape index (κ1) is 11.8. The molecule has 3 aliphatic rings. The summed E-state index contributed by atoms with van der Waals surface area (Å²) in [6.45, 7) is 0. The van der Waals surface area contributed by atoms with Crippen LogP contribution in [0, 0.1) is 5.92 Å². The number of benzene rings is 1. The van der Waals surface area contributed by atoms with E-state index in [-0.39, 0.29) is 0 Å². The Balaban J connectivity index is 1.87. The van der Waals surface area contributed by atoms with Gasteiger partial charge in [-0.25, -0.2) is 0 Å². The highest BCUT2D eigenvalue weighted by Gasteiger charge is 2.37. The molecule has 3 heteroatoms. The first-order valence-electron chi connectivity index (χ1n) is 6.50. The number of hydrogen-bond donors (Lipinski definition) is 0. The van der Waals surface area contributed by atoms with E-state index in [1.165, 1.54) is 17.6 Å². The molecule has 0 aromatic heterocycles. The smallest absolute Gasteiger partial charge is 0.132 e. The molecule has 0 saturated heterocycles. The van der Waals surface area contributed by atoms with E-state index < -0.39 is 0 Å². The fourth-order valence-corrected chi connectivity index (χ4v) is 3.74. The second-order valence-corrected chi connectivity index (χ2v) is 6.47. The summed E-state index contributed by atoms with van der Waals surface area (Å²) in [7, 11) is 0. The topological polar surface area (TPSA) is 9.23 Å². The predicted molar refractivity (Wildman–Crippen MR) is 80.6 cm³/mol. The second kappa shape index (κ2) is 4.26. The molecule has 0 N–H and O–H groups in total. The third-order valence-electron chi connectivity index (χ3n) is 4.15. The lowest BCUT2D eigenvalue weighted by molar-refractivity contribution is 0.381. The van der Waals surface area contributed by atoms with Crippen molar-refractivity contribution >= 4 is 27.5 Å². The number of rotatable bonds is 0. The predicted octanol–water partition coefficient (Wildman–Crippen LogP) is 5.37. The Labute approximate surface area is 125 Å². The molecule has 1 aromatic rings. The summed E-state index contributed by atoms with van der Waals surface area (Å²) in [4.78, 5) is 0. The standard InChI is InChI=1S/C16H12BrClO/c17-13-7-12-11-6-5-9-3-1-2-4-10(9)16(11)19-15(12)8-14(13)18/h1-4,7-9,11H,5-6H2. The number of ether oxygens (including phenoxy) is 1. The van der Waals surface area contributed by atoms with Gasteiger partial charge < -0.3 is 4.74 Å². The summed E-state index contributed by atoms with van der Waals surface area (Å²) in [5, 5.41) is 0.707. The van der Waals surface area contributed by atoms with Crippen LogP contribution in [0.4, 0.5) is 0 Å². The lowest BCUT2D eigenvalue weighted by Crippen LogP contribution is -2.16. The van der Waals surface area contributed by atoms with Gasteiger partial charge in [0.2, 0.25) is 0 Å². The molecule has 0 spiro atoms. The minimum atomic E-state index is 0.394. The summed E-state index contributed by atoms with van der Waals surface area (Å²) in [5.41, 5.74) is 2.60. The van der Waals surface area contributed by atoms with Gasteiger partial charge in [-0.05, 0) is 40.4 Å². The number of halogens is 2. The van der Waals surface area contributed by atoms with Crippen molar-refractivity contribution in [3.05, 3.63) is 62.8 Å². The fourth-order valence-electron chi connectivity index (χ4n) is 3.23. The molecule has 1 aliphatic heterocycles. The van der Waals surface area contributed by atoms with Crippen LogP contribution in [0.15, 0.2) is 52.2 Å². The van der Waals surface area contributed by atoms with Crippen molar-refractivity contribution < 1.29 is 4.74 Å². The van der Waals surface area contributed by atoms with Crippen molar-refractivity contribution in [2.24, 2.45) is 5.92 Å². The van der Waals surface area contributed by atoms with E-state index in [0.29, 0.717) is 16.9 Å². The quantitative estimate of drug-likeness (QED) is 0.619. The molecule has 0 fully saturated rings. The largest absolute Gasteiger partial charge is 0.460 e. The van der Waals surface area contributed by atoms with Crippen molar-refractivity contribution in [2.45, 2.75) is 18.8 Å². The maximum Gasteiger partial charge on any atom is 0.132 e. The third kappa shape index (κ3) is 1.73. The highest BCUT2D eigenvalue weighted by atomic mass is 79.9. The van der Waals surface area contributed by atoms with Gasteiger partial charge in [0.05, 0.1) is 5.02 Å². The third-order valence-corrected chi connectivity index (χ3v) is 5.34. The Morgan fingerprint density at radius 3 is 3.00 bits per heavy atom. The average molecular weight is 336 g/mol. The first-order chi connectivity index (χ1) is 9.24. The van der Waals surface area contributed by atoms with Gasteiger partial charge >= 0.3 is 0 Å². The van der Waals surface area contributed by atoms with Gasteiger partial charge in [-0.2, -0.15) is 0 Å². The number of hydrogen-bond acceptors (Lipinski definition) is 1. The molecule has 1 heterocycles. The van der Waals surface area contributed by atoms with E-state index >= 15 is 0 Å². The van der Waals surface area contributed by atoms with Crippen LogP contribution in [0.2, 0.25) is 5.02 Å². The van der Waals surface area contributed by atoms with Gasteiger partial charge in [-0.1, -0.05) is 35.9 Å². The van der Waals surface area contributed by atoms with Gasteiger partial charge in [0.1, 0.15) is 11.5 Å². The Morgan fingerprint density at radius 2 is 2.11 bits per heavy atom. The normalized spacial score (nSPS) is 26.8. The molecule has 2 aliphatic carbocycles. The van der Waals surface area contributed by atoms with Gasteiger partial charge in [0.25, 0.3) is 0 Å². The summed E-state index contributed by atoms with van der Waals surface area (Å²) < 4.78 is 7.05. The number of allylic oxidation sites excluding steroid dienone is 6. The average Bonchev–Trinajstić information content (AvgIpc) is 2.77. The molecule has 96 valence electrons. The number of fused-ring (bicyclic) bond motifs is 4. The van der Waals surface area contributed by atoms with Gasteiger partial charge in [-0.15, -0.1) is 0 Å². The molecule has 0 bridgehead atoms. The highest BCUT2D eigenvalue weighted by molar-refractivity contribution is 9.10. The van der Waals surface area contributed by atoms with Crippen molar-refractivity contribution in [2.75, 3.05) is 0 Å². The molecule has 4 rings (SSSR count). The summed E-state index contributed by atoms with van der Waals surface area (Å²) >= 11 is 9.66. The van der Waals surface area contributed by atoms with Crippen molar-refractivity contribution in [1.82, 2.24) is 0 Å². The lowest BCUT2D eigenvalue weighted by Gasteiger charge is -2.27. The van der Waals surface area contributed by atoms with E-state index in [2.05, 4.69) is 46.3 Å². The van der Waals surface area contributed by atoms with Gasteiger partial charge in [-0.3, -0.25) is 0 Å². The Bertz CT molecular complexity index is 657. The molecule has 2 unspecified atom stereocenters. The monoisotopic (exact) mass is 334 g/mol.